The maximum Gasteiger partial charge on any atom is 0.262 e. The number of anilines is 1. The molecule has 0 saturated carbocycles. The number of hydrogen-bond acceptors (Lipinski definition) is 5. The molecular formula is C27H25N3O4. The summed E-state index contributed by atoms with van der Waals surface area (Å²) >= 11 is 0. The largest absolute Gasteiger partial charge is 0.493 e. The van der Waals surface area contributed by atoms with Gasteiger partial charge in [-0.1, -0.05) is 60.7 Å². The van der Waals surface area contributed by atoms with Gasteiger partial charge in [-0.3, -0.25) is 9.59 Å². The van der Waals surface area contributed by atoms with Gasteiger partial charge in [-0.15, -0.1) is 0 Å². The first-order valence-corrected chi connectivity index (χ1v) is 10.6. The lowest BCUT2D eigenvalue weighted by Crippen LogP contribution is -2.27. The van der Waals surface area contributed by atoms with E-state index in [0.29, 0.717) is 17.0 Å². The number of nitrogens with zero attached hydrogens (tertiary/aromatic N) is 1. The zero-order valence-corrected chi connectivity index (χ0v) is 18.9. The van der Waals surface area contributed by atoms with E-state index in [1.807, 2.05) is 61.5 Å². The van der Waals surface area contributed by atoms with Gasteiger partial charge < -0.3 is 20.1 Å². The lowest BCUT2D eigenvalue weighted by molar-refractivity contribution is -0.118. The summed E-state index contributed by atoms with van der Waals surface area (Å²) in [5, 5.41) is 15.2. The first-order chi connectivity index (χ1) is 16.5. The summed E-state index contributed by atoms with van der Waals surface area (Å²) in [4.78, 5) is 25.1. The molecule has 2 amide bonds. The fourth-order valence-corrected chi connectivity index (χ4v) is 3.22. The van der Waals surface area contributed by atoms with Gasteiger partial charge in [0, 0.05) is 11.3 Å². The number of ether oxygens (including phenoxy) is 2. The van der Waals surface area contributed by atoms with Crippen LogP contribution in [0, 0.1) is 11.3 Å². The summed E-state index contributed by atoms with van der Waals surface area (Å²) in [7, 11) is 1.47. The van der Waals surface area contributed by atoms with Crippen LogP contribution in [0.4, 0.5) is 5.69 Å². The minimum Gasteiger partial charge on any atom is -0.493 e. The maximum absolute atomic E-state index is 12.8. The molecule has 0 fully saturated rings. The summed E-state index contributed by atoms with van der Waals surface area (Å²) in [6.45, 7) is 1.56. The van der Waals surface area contributed by atoms with Crippen molar-refractivity contribution >= 4 is 23.6 Å². The van der Waals surface area contributed by atoms with Crippen LogP contribution in [-0.4, -0.2) is 25.5 Å². The standard InChI is InChI=1S/C27H25N3O4/c1-19(20-10-5-3-6-11-20)29-27(32)22(17-28)16-21-12-9-15-24(33-2)26(21)34-18-25(31)30-23-13-7-4-8-14-23/h3-16,19H,18H2,1-2H3,(H,29,32)(H,30,31)/b22-16-/t19-/m0/s1. The smallest absolute Gasteiger partial charge is 0.262 e. The Morgan fingerprint density at radius 3 is 2.32 bits per heavy atom. The number of nitriles is 1. The molecule has 0 radical (unpaired) electrons. The minimum atomic E-state index is -0.519. The molecule has 2 N–H and O–H groups in total. The highest BCUT2D eigenvalue weighted by atomic mass is 16.5. The van der Waals surface area contributed by atoms with E-state index in [0.717, 1.165) is 5.56 Å². The monoisotopic (exact) mass is 455 g/mol. The van der Waals surface area contributed by atoms with Gasteiger partial charge in [-0.05, 0) is 36.8 Å². The van der Waals surface area contributed by atoms with Crippen LogP contribution in [0.2, 0.25) is 0 Å². The van der Waals surface area contributed by atoms with Gasteiger partial charge in [-0.25, -0.2) is 0 Å². The van der Waals surface area contributed by atoms with Crippen molar-refractivity contribution in [1.29, 1.82) is 5.26 Å². The van der Waals surface area contributed by atoms with Gasteiger partial charge >= 0.3 is 0 Å². The normalized spacial score (nSPS) is 11.6. The number of para-hydroxylation sites is 2. The second-order valence-corrected chi connectivity index (χ2v) is 7.36. The molecule has 172 valence electrons. The van der Waals surface area contributed by atoms with E-state index >= 15 is 0 Å². The molecule has 0 aliphatic heterocycles. The van der Waals surface area contributed by atoms with Crippen molar-refractivity contribution in [1.82, 2.24) is 5.32 Å². The zero-order valence-electron chi connectivity index (χ0n) is 18.9. The molecule has 0 saturated heterocycles. The second-order valence-electron chi connectivity index (χ2n) is 7.36. The number of benzene rings is 3. The van der Waals surface area contributed by atoms with Gasteiger partial charge in [0.1, 0.15) is 11.6 Å². The van der Waals surface area contributed by atoms with Crippen molar-refractivity contribution < 1.29 is 19.1 Å². The molecule has 3 rings (SSSR count). The van der Waals surface area contributed by atoms with Crippen LogP contribution >= 0.6 is 0 Å². The fourth-order valence-electron chi connectivity index (χ4n) is 3.22. The Morgan fingerprint density at radius 1 is 1.00 bits per heavy atom. The molecule has 3 aromatic rings. The average molecular weight is 456 g/mol. The molecule has 0 bridgehead atoms. The number of carbonyl (C=O) groups is 2. The van der Waals surface area contributed by atoms with Gasteiger partial charge in [0.25, 0.3) is 11.8 Å². The van der Waals surface area contributed by atoms with Crippen molar-refractivity contribution in [3.8, 4) is 17.6 Å². The molecule has 0 spiro atoms. The topological polar surface area (TPSA) is 100 Å². The summed E-state index contributed by atoms with van der Waals surface area (Å²) in [5.41, 5.74) is 1.90. The molecule has 3 aromatic carbocycles. The molecule has 0 aliphatic rings. The van der Waals surface area contributed by atoms with Gasteiger partial charge in [-0.2, -0.15) is 5.26 Å². The van der Waals surface area contributed by atoms with E-state index in [-0.39, 0.29) is 29.9 Å². The van der Waals surface area contributed by atoms with E-state index in [1.165, 1.54) is 13.2 Å². The third kappa shape index (κ3) is 6.47. The van der Waals surface area contributed by atoms with Crippen LogP contribution in [0.5, 0.6) is 11.5 Å². The molecule has 1 atom stereocenters. The Labute approximate surface area is 198 Å². The third-order valence-electron chi connectivity index (χ3n) is 4.95. The van der Waals surface area contributed by atoms with Crippen molar-refractivity contribution in [2.24, 2.45) is 0 Å². The predicted octanol–water partition coefficient (Wildman–Crippen LogP) is 4.50. The van der Waals surface area contributed by atoms with Crippen LogP contribution < -0.4 is 20.1 Å². The second kappa shape index (κ2) is 11.9. The average Bonchev–Trinajstić information content (AvgIpc) is 2.87. The Morgan fingerprint density at radius 2 is 1.68 bits per heavy atom. The first kappa shape index (κ1) is 24.1. The number of methoxy groups -OCH3 is 1. The lowest BCUT2D eigenvalue weighted by Gasteiger charge is -2.15. The van der Waals surface area contributed by atoms with Crippen LogP contribution in [0.3, 0.4) is 0 Å². The summed E-state index contributed by atoms with van der Waals surface area (Å²) < 4.78 is 11.1. The van der Waals surface area contributed by atoms with E-state index in [2.05, 4.69) is 10.6 Å². The van der Waals surface area contributed by atoms with Crippen molar-refractivity contribution in [2.75, 3.05) is 19.0 Å². The number of nitrogens with one attached hydrogen (secondary N) is 2. The molecule has 7 nitrogen and oxygen atoms in total. The third-order valence-corrected chi connectivity index (χ3v) is 4.95. The molecule has 7 heteroatoms. The number of rotatable bonds is 9. The molecule has 0 aliphatic carbocycles. The summed E-state index contributed by atoms with van der Waals surface area (Å²) in [6.07, 6.45) is 1.42. The maximum atomic E-state index is 12.8. The minimum absolute atomic E-state index is 0.102. The highest BCUT2D eigenvalue weighted by Gasteiger charge is 2.17. The number of carbonyl (C=O) groups excluding carboxylic acids is 2. The lowest BCUT2D eigenvalue weighted by atomic mass is 10.1. The summed E-state index contributed by atoms with van der Waals surface area (Å²) in [5.74, 6) is -0.252. The highest BCUT2D eigenvalue weighted by molar-refractivity contribution is 6.02. The molecule has 0 heterocycles. The highest BCUT2D eigenvalue weighted by Crippen LogP contribution is 2.32. The van der Waals surface area contributed by atoms with Gasteiger partial charge in [0.05, 0.1) is 13.2 Å². The fraction of sp³-hybridized carbons (Fsp3) is 0.148. The van der Waals surface area contributed by atoms with E-state index < -0.39 is 5.91 Å². The Kier molecular flexibility index (Phi) is 8.42. The zero-order chi connectivity index (χ0) is 24.3. The van der Waals surface area contributed by atoms with Crippen molar-refractivity contribution in [3.63, 3.8) is 0 Å². The Balaban J connectivity index is 1.77. The van der Waals surface area contributed by atoms with E-state index in [9.17, 15) is 14.9 Å². The van der Waals surface area contributed by atoms with E-state index in [4.69, 9.17) is 9.47 Å². The van der Waals surface area contributed by atoms with Crippen molar-refractivity contribution in [2.45, 2.75) is 13.0 Å². The van der Waals surface area contributed by atoms with Crippen LogP contribution in [0.1, 0.15) is 24.1 Å². The Hall–Kier alpha value is -4.57. The SMILES string of the molecule is COc1cccc(/C=C(/C#N)C(=O)N[C@@H](C)c2ccccc2)c1OCC(=O)Nc1ccccc1. The van der Waals surface area contributed by atoms with E-state index in [1.54, 1.807) is 30.3 Å². The summed E-state index contributed by atoms with van der Waals surface area (Å²) in [6, 6.07) is 25.2. The molecule has 0 unspecified atom stereocenters. The quantitative estimate of drug-likeness (QED) is 0.366. The van der Waals surface area contributed by atoms with Gasteiger partial charge in [0.15, 0.2) is 18.1 Å². The molecular weight excluding hydrogens is 430 g/mol. The van der Waals surface area contributed by atoms with Gasteiger partial charge in [0.2, 0.25) is 0 Å². The van der Waals surface area contributed by atoms with Crippen molar-refractivity contribution in [3.05, 3.63) is 95.6 Å². The first-order valence-electron chi connectivity index (χ1n) is 10.6. The van der Waals surface area contributed by atoms with Crippen LogP contribution in [-0.2, 0) is 9.59 Å². The van der Waals surface area contributed by atoms with Crippen LogP contribution in [0.25, 0.3) is 6.08 Å². The predicted molar refractivity (Wildman–Crippen MR) is 130 cm³/mol. The van der Waals surface area contributed by atoms with Crippen LogP contribution in [0.15, 0.2) is 84.4 Å². The molecule has 34 heavy (non-hydrogen) atoms. The molecule has 0 aromatic heterocycles. The Bertz CT molecular complexity index is 1200. The number of amides is 2. The number of hydrogen-bond donors (Lipinski definition) is 2.